The predicted molar refractivity (Wildman–Crippen MR) is 65.7 cm³/mol. The van der Waals surface area contributed by atoms with Crippen LogP contribution in [0.3, 0.4) is 0 Å². The Bertz CT molecular complexity index is 420. The summed E-state index contributed by atoms with van der Waals surface area (Å²) in [4.78, 5) is 23.1. The molecule has 3 heteroatoms. The van der Waals surface area contributed by atoms with Crippen molar-refractivity contribution in [3.8, 4) is 0 Å². The van der Waals surface area contributed by atoms with Crippen LogP contribution in [0.5, 0.6) is 0 Å². The van der Waals surface area contributed by atoms with E-state index in [2.05, 4.69) is 6.58 Å². The monoisotopic (exact) mass is 232 g/mol. The van der Waals surface area contributed by atoms with E-state index in [1.807, 2.05) is 6.07 Å². The van der Waals surface area contributed by atoms with Crippen LogP contribution in [0.25, 0.3) is 0 Å². The third-order valence-electron chi connectivity index (χ3n) is 2.32. The number of hydrogen-bond donors (Lipinski definition) is 0. The van der Waals surface area contributed by atoms with Crippen LogP contribution in [0.4, 0.5) is 0 Å². The summed E-state index contributed by atoms with van der Waals surface area (Å²) in [5.74, 6) is -0.835. The van der Waals surface area contributed by atoms with Gasteiger partial charge in [-0.3, -0.25) is 4.79 Å². The lowest BCUT2D eigenvalue weighted by atomic mass is 10.0. The first-order valence-corrected chi connectivity index (χ1v) is 5.44. The maximum atomic E-state index is 11.9. The van der Waals surface area contributed by atoms with E-state index >= 15 is 0 Å². The van der Waals surface area contributed by atoms with Gasteiger partial charge in [0, 0.05) is 11.1 Å². The SMILES string of the molecule is C=C(C)C(=O)OCC(C)C(=O)c1ccccc1. The molecular formula is C14H16O3. The van der Waals surface area contributed by atoms with Crippen molar-refractivity contribution in [1.82, 2.24) is 0 Å². The van der Waals surface area contributed by atoms with Gasteiger partial charge in [-0.25, -0.2) is 4.79 Å². The maximum absolute atomic E-state index is 11.9. The molecule has 0 spiro atoms. The van der Waals surface area contributed by atoms with E-state index in [0.717, 1.165) is 0 Å². The molecule has 0 N–H and O–H groups in total. The molecule has 1 unspecified atom stereocenters. The summed E-state index contributed by atoms with van der Waals surface area (Å²) in [5.41, 5.74) is 0.968. The maximum Gasteiger partial charge on any atom is 0.333 e. The van der Waals surface area contributed by atoms with E-state index < -0.39 is 5.97 Å². The lowest BCUT2D eigenvalue weighted by Gasteiger charge is -2.11. The number of rotatable bonds is 5. The van der Waals surface area contributed by atoms with Gasteiger partial charge in [-0.15, -0.1) is 0 Å². The quantitative estimate of drug-likeness (QED) is 0.445. The molecule has 90 valence electrons. The fourth-order valence-corrected chi connectivity index (χ4v) is 1.29. The average molecular weight is 232 g/mol. The smallest absolute Gasteiger partial charge is 0.333 e. The van der Waals surface area contributed by atoms with Crippen molar-refractivity contribution < 1.29 is 14.3 Å². The summed E-state index contributed by atoms with van der Waals surface area (Å²) in [6, 6.07) is 8.96. The average Bonchev–Trinajstić information content (AvgIpc) is 2.35. The van der Waals surface area contributed by atoms with Crippen LogP contribution in [0.2, 0.25) is 0 Å². The Morgan fingerprint density at radius 2 is 1.88 bits per heavy atom. The standard InChI is InChI=1S/C14H16O3/c1-10(2)14(16)17-9-11(3)13(15)12-7-5-4-6-8-12/h4-8,11H,1,9H2,2-3H3. The summed E-state index contributed by atoms with van der Waals surface area (Å²) in [5, 5.41) is 0. The molecule has 0 heterocycles. The summed E-state index contributed by atoms with van der Waals surface area (Å²) in [6.07, 6.45) is 0. The molecule has 0 saturated heterocycles. The van der Waals surface area contributed by atoms with Crippen molar-refractivity contribution in [2.24, 2.45) is 5.92 Å². The Morgan fingerprint density at radius 1 is 1.29 bits per heavy atom. The lowest BCUT2D eigenvalue weighted by Crippen LogP contribution is -2.19. The largest absolute Gasteiger partial charge is 0.462 e. The van der Waals surface area contributed by atoms with Gasteiger partial charge in [-0.1, -0.05) is 43.8 Å². The van der Waals surface area contributed by atoms with Gasteiger partial charge < -0.3 is 4.74 Å². The summed E-state index contributed by atoms with van der Waals surface area (Å²) in [7, 11) is 0. The summed E-state index contributed by atoms with van der Waals surface area (Å²) in [6.45, 7) is 6.87. The zero-order valence-electron chi connectivity index (χ0n) is 10.1. The van der Waals surface area contributed by atoms with Gasteiger partial charge in [0.05, 0.1) is 5.92 Å². The zero-order chi connectivity index (χ0) is 12.8. The number of esters is 1. The fraction of sp³-hybridized carbons (Fsp3) is 0.286. The normalized spacial score (nSPS) is 11.6. The highest BCUT2D eigenvalue weighted by Crippen LogP contribution is 2.09. The minimum absolute atomic E-state index is 0.0277. The molecule has 1 atom stereocenters. The van der Waals surface area contributed by atoms with Crippen LogP contribution in [-0.4, -0.2) is 18.4 Å². The molecule has 0 bridgehead atoms. The van der Waals surface area contributed by atoms with Crippen molar-refractivity contribution in [3.63, 3.8) is 0 Å². The van der Waals surface area contributed by atoms with Crippen LogP contribution in [0.15, 0.2) is 42.5 Å². The van der Waals surface area contributed by atoms with Crippen LogP contribution >= 0.6 is 0 Å². The minimum Gasteiger partial charge on any atom is -0.462 e. The summed E-state index contributed by atoms with van der Waals surface area (Å²) >= 11 is 0. The van der Waals surface area contributed by atoms with E-state index in [0.29, 0.717) is 11.1 Å². The zero-order valence-corrected chi connectivity index (χ0v) is 10.1. The summed E-state index contributed by atoms with van der Waals surface area (Å²) < 4.78 is 4.95. The van der Waals surface area contributed by atoms with E-state index in [1.54, 1.807) is 38.1 Å². The molecule has 0 aliphatic rings. The Kier molecular flexibility index (Phi) is 4.64. The van der Waals surface area contributed by atoms with Crippen LogP contribution < -0.4 is 0 Å². The molecule has 1 rings (SSSR count). The third kappa shape index (κ3) is 3.87. The number of carbonyl (C=O) groups excluding carboxylic acids is 2. The van der Waals surface area contributed by atoms with Gasteiger partial charge >= 0.3 is 5.97 Å². The topological polar surface area (TPSA) is 43.4 Å². The van der Waals surface area contributed by atoms with E-state index in [1.165, 1.54) is 0 Å². The minimum atomic E-state index is -0.460. The fourth-order valence-electron chi connectivity index (χ4n) is 1.29. The Hall–Kier alpha value is -1.90. The van der Waals surface area contributed by atoms with Gasteiger partial charge in [0.15, 0.2) is 5.78 Å². The molecule has 0 aromatic heterocycles. The molecule has 1 aromatic carbocycles. The Morgan fingerprint density at radius 3 is 2.41 bits per heavy atom. The van der Waals surface area contributed by atoms with Crippen molar-refractivity contribution in [2.75, 3.05) is 6.61 Å². The second kappa shape index (κ2) is 5.99. The first-order chi connectivity index (χ1) is 8.02. The molecule has 0 aliphatic carbocycles. The second-order valence-electron chi connectivity index (χ2n) is 4.01. The molecule has 0 saturated carbocycles. The second-order valence-corrected chi connectivity index (χ2v) is 4.01. The highest BCUT2D eigenvalue weighted by molar-refractivity contribution is 5.97. The molecule has 0 fully saturated rings. The van der Waals surface area contributed by atoms with E-state index in [4.69, 9.17) is 4.74 Å². The number of carbonyl (C=O) groups is 2. The molecule has 1 aromatic rings. The first kappa shape index (κ1) is 13.2. The lowest BCUT2D eigenvalue weighted by molar-refractivity contribution is -0.139. The van der Waals surface area contributed by atoms with Gasteiger partial charge in [-0.2, -0.15) is 0 Å². The van der Waals surface area contributed by atoms with Gasteiger partial charge in [0.2, 0.25) is 0 Å². The number of hydrogen-bond acceptors (Lipinski definition) is 3. The molecule has 0 radical (unpaired) electrons. The van der Waals surface area contributed by atoms with E-state index in [-0.39, 0.29) is 18.3 Å². The van der Waals surface area contributed by atoms with Crippen LogP contribution in [0.1, 0.15) is 24.2 Å². The van der Waals surface area contributed by atoms with Crippen LogP contribution in [-0.2, 0) is 9.53 Å². The van der Waals surface area contributed by atoms with Gasteiger partial charge in [-0.05, 0) is 6.92 Å². The molecule has 3 nitrogen and oxygen atoms in total. The highest BCUT2D eigenvalue weighted by Gasteiger charge is 2.16. The van der Waals surface area contributed by atoms with E-state index in [9.17, 15) is 9.59 Å². The number of benzene rings is 1. The number of ketones is 1. The number of Topliss-reactive ketones (excluding diaryl/α,β-unsaturated/α-hetero) is 1. The molecule has 0 aliphatic heterocycles. The predicted octanol–water partition coefficient (Wildman–Crippen LogP) is 2.62. The first-order valence-electron chi connectivity index (χ1n) is 5.44. The van der Waals surface area contributed by atoms with Gasteiger partial charge in [0.25, 0.3) is 0 Å². The molecule has 17 heavy (non-hydrogen) atoms. The Labute approximate surface area is 101 Å². The van der Waals surface area contributed by atoms with Crippen LogP contribution in [0, 0.1) is 5.92 Å². The highest BCUT2D eigenvalue weighted by atomic mass is 16.5. The third-order valence-corrected chi connectivity index (χ3v) is 2.32. The Balaban J connectivity index is 2.54. The van der Waals surface area contributed by atoms with Crippen molar-refractivity contribution >= 4 is 11.8 Å². The molecular weight excluding hydrogens is 216 g/mol. The van der Waals surface area contributed by atoms with Crippen molar-refractivity contribution in [3.05, 3.63) is 48.0 Å². The van der Waals surface area contributed by atoms with Gasteiger partial charge in [0.1, 0.15) is 6.61 Å². The number of ether oxygens (including phenoxy) is 1. The van der Waals surface area contributed by atoms with Crippen molar-refractivity contribution in [2.45, 2.75) is 13.8 Å². The van der Waals surface area contributed by atoms with Crippen molar-refractivity contribution in [1.29, 1.82) is 0 Å². The molecule has 0 amide bonds.